The molecule has 1 aliphatic heterocycles. The summed E-state index contributed by atoms with van der Waals surface area (Å²) in [5.74, 6) is 1.52. The molecular formula is C21H32O4. The molecule has 140 valence electrons. The molecule has 0 aromatic heterocycles. The Labute approximate surface area is 151 Å². The number of hydrogen-bond acceptors (Lipinski definition) is 4. The fourth-order valence-corrected chi connectivity index (χ4v) is 3.91. The van der Waals surface area contributed by atoms with Crippen molar-refractivity contribution in [3.05, 3.63) is 22.8 Å². The van der Waals surface area contributed by atoms with Crippen molar-refractivity contribution in [3.63, 3.8) is 0 Å². The molecule has 0 bridgehead atoms. The number of carbonyl (C=O) groups is 1. The number of fused-ring (bicyclic) bond motifs is 1. The quantitative estimate of drug-likeness (QED) is 0.712. The maximum Gasteiger partial charge on any atom is 0.305 e. The predicted molar refractivity (Wildman–Crippen MR) is 99.4 cm³/mol. The number of methoxy groups -OCH3 is 1. The summed E-state index contributed by atoms with van der Waals surface area (Å²) in [6, 6.07) is 1.87. The third-order valence-corrected chi connectivity index (χ3v) is 5.59. The zero-order chi connectivity index (χ0) is 18.6. The lowest BCUT2D eigenvalue weighted by molar-refractivity contribution is -0.141. The van der Waals surface area contributed by atoms with Gasteiger partial charge in [-0.25, -0.2) is 0 Å². The van der Waals surface area contributed by atoms with E-state index in [2.05, 4.69) is 27.7 Å². The van der Waals surface area contributed by atoms with Crippen LogP contribution < -0.4 is 4.74 Å². The first kappa shape index (κ1) is 19.6. The van der Waals surface area contributed by atoms with Crippen molar-refractivity contribution in [2.45, 2.75) is 84.2 Å². The molecule has 1 atom stereocenters. The number of phenols is 1. The second-order valence-electron chi connectivity index (χ2n) is 7.27. The number of aromatic hydroxyl groups is 1. The van der Waals surface area contributed by atoms with Crippen LogP contribution in [0.1, 0.15) is 82.4 Å². The summed E-state index contributed by atoms with van der Waals surface area (Å²) in [6.07, 6.45) is 5.52. The molecule has 0 spiro atoms. The first-order valence-electron chi connectivity index (χ1n) is 9.52. The summed E-state index contributed by atoms with van der Waals surface area (Å²) in [5.41, 5.74) is 2.90. The van der Waals surface area contributed by atoms with E-state index < -0.39 is 0 Å². The number of ether oxygens (including phenoxy) is 2. The second kappa shape index (κ2) is 8.11. The molecule has 1 aromatic carbocycles. The first-order valence-corrected chi connectivity index (χ1v) is 9.52. The summed E-state index contributed by atoms with van der Waals surface area (Å²) >= 11 is 0. The van der Waals surface area contributed by atoms with Crippen LogP contribution in [0.25, 0.3) is 0 Å². The Morgan fingerprint density at radius 2 is 2.04 bits per heavy atom. The number of aryl methyl sites for hydroxylation is 1. The largest absolute Gasteiger partial charge is 0.508 e. The molecule has 0 fully saturated rings. The van der Waals surface area contributed by atoms with E-state index in [1.165, 1.54) is 12.7 Å². The Morgan fingerprint density at radius 3 is 2.60 bits per heavy atom. The van der Waals surface area contributed by atoms with E-state index in [-0.39, 0.29) is 11.6 Å². The SMILES string of the molecule is CCc1c(O)cc2c(c1C(CC)CC)OC(C)(CCC(=O)OC)CC2. The number of hydrogen-bond donors (Lipinski definition) is 1. The summed E-state index contributed by atoms with van der Waals surface area (Å²) in [7, 11) is 1.42. The summed E-state index contributed by atoms with van der Waals surface area (Å²) in [6.45, 7) is 8.52. The van der Waals surface area contributed by atoms with E-state index in [0.29, 0.717) is 24.5 Å². The highest BCUT2D eigenvalue weighted by Gasteiger charge is 2.35. The van der Waals surface area contributed by atoms with Crippen LogP contribution in [0.15, 0.2) is 6.07 Å². The van der Waals surface area contributed by atoms with Gasteiger partial charge in [-0.05, 0) is 63.0 Å². The maximum atomic E-state index is 11.5. The molecule has 1 heterocycles. The maximum absolute atomic E-state index is 11.5. The zero-order valence-electron chi connectivity index (χ0n) is 16.3. The van der Waals surface area contributed by atoms with Crippen LogP contribution in [0.5, 0.6) is 11.5 Å². The van der Waals surface area contributed by atoms with Crippen LogP contribution in [0.2, 0.25) is 0 Å². The van der Waals surface area contributed by atoms with Gasteiger partial charge in [0.2, 0.25) is 0 Å². The Hall–Kier alpha value is -1.71. The zero-order valence-corrected chi connectivity index (χ0v) is 16.3. The van der Waals surface area contributed by atoms with Crippen molar-refractivity contribution in [2.24, 2.45) is 0 Å². The summed E-state index contributed by atoms with van der Waals surface area (Å²) < 4.78 is 11.3. The van der Waals surface area contributed by atoms with Crippen LogP contribution in [-0.4, -0.2) is 23.8 Å². The highest BCUT2D eigenvalue weighted by molar-refractivity contribution is 5.69. The fourth-order valence-electron chi connectivity index (χ4n) is 3.91. The predicted octanol–water partition coefficient (Wildman–Crippen LogP) is 4.90. The lowest BCUT2D eigenvalue weighted by Crippen LogP contribution is -2.37. The Kier molecular flexibility index (Phi) is 6.36. The van der Waals surface area contributed by atoms with Gasteiger partial charge in [0.05, 0.1) is 7.11 Å². The third-order valence-electron chi connectivity index (χ3n) is 5.59. The molecule has 0 amide bonds. The second-order valence-corrected chi connectivity index (χ2v) is 7.27. The lowest BCUT2D eigenvalue weighted by Gasteiger charge is -2.38. The highest BCUT2D eigenvalue weighted by Crippen LogP contribution is 2.46. The smallest absolute Gasteiger partial charge is 0.305 e. The molecule has 1 aliphatic rings. The van der Waals surface area contributed by atoms with E-state index >= 15 is 0 Å². The van der Waals surface area contributed by atoms with Crippen LogP contribution in [0, 0.1) is 0 Å². The Morgan fingerprint density at radius 1 is 1.36 bits per heavy atom. The van der Waals surface area contributed by atoms with E-state index in [4.69, 9.17) is 9.47 Å². The van der Waals surface area contributed by atoms with Gasteiger partial charge in [0.15, 0.2) is 0 Å². The topological polar surface area (TPSA) is 55.8 Å². The molecule has 2 rings (SSSR count). The Balaban J connectivity index is 2.43. The van der Waals surface area contributed by atoms with Gasteiger partial charge in [-0.3, -0.25) is 4.79 Å². The minimum atomic E-state index is -0.371. The number of esters is 1. The van der Waals surface area contributed by atoms with Gasteiger partial charge >= 0.3 is 5.97 Å². The van der Waals surface area contributed by atoms with Gasteiger partial charge in [0.1, 0.15) is 17.1 Å². The average molecular weight is 348 g/mol. The monoisotopic (exact) mass is 348 g/mol. The lowest BCUT2D eigenvalue weighted by atomic mass is 9.82. The van der Waals surface area contributed by atoms with Gasteiger partial charge < -0.3 is 14.6 Å². The van der Waals surface area contributed by atoms with E-state index in [9.17, 15) is 9.90 Å². The fraction of sp³-hybridized carbons (Fsp3) is 0.667. The number of rotatable bonds is 7. The number of phenolic OH excluding ortho intramolecular Hbond substituents is 1. The van der Waals surface area contributed by atoms with Gasteiger partial charge in [0, 0.05) is 17.5 Å². The van der Waals surface area contributed by atoms with Gasteiger partial charge in [-0.2, -0.15) is 0 Å². The molecule has 4 heteroatoms. The van der Waals surface area contributed by atoms with Crippen molar-refractivity contribution in [1.82, 2.24) is 0 Å². The van der Waals surface area contributed by atoms with Crippen molar-refractivity contribution in [3.8, 4) is 11.5 Å². The molecule has 1 unspecified atom stereocenters. The van der Waals surface area contributed by atoms with Crippen molar-refractivity contribution in [1.29, 1.82) is 0 Å². The summed E-state index contributed by atoms with van der Waals surface area (Å²) in [4.78, 5) is 11.5. The number of carbonyl (C=O) groups excluding carboxylic acids is 1. The van der Waals surface area contributed by atoms with Crippen LogP contribution >= 0.6 is 0 Å². The van der Waals surface area contributed by atoms with Gasteiger partial charge in [0.25, 0.3) is 0 Å². The molecule has 0 saturated heterocycles. The highest BCUT2D eigenvalue weighted by atomic mass is 16.5. The minimum absolute atomic E-state index is 0.198. The van der Waals surface area contributed by atoms with Gasteiger partial charge in [-0.15, -0.1) is 0 Å². The molecular weight excluding hydrogens is 316 g/mol. The molecule has 25 heavy (non-hydrogen) atoms. The average Bonchev–Trinajstić information content (AvgIpc) is 2.61. The van der Waals surface area contributed by atoms with E-state index in [1.54, 1.807) is 0 Å². The minimum Gasteiger partial charge on any atom is -0.508 e. The van der Waals surface area contributed by atoms with Crippen molar-refractivity contribution in [2.75, 3.05) is 7.11 Å². The summed E-state index contributed by atoms with van der Waals surface area (Å²) in [5, 5.41) is 10.5. The van der Waals surface area contributed by atoms with Crippen LogP contribution in [0.4, 0.5) is 0 Å². The molecule has 0 saturated carbocycles. The Bertz CT molecular complexity index is 619. The molecule has 0 radical (unpaired) electrons. The van der Waals surface area contributed by atoms with E-state index in [0.717, 1.165) is 49.0 Å². The standard InChI is InChI=1S/C21H32O4/c1-6-14(7-2)19-16(8-3)17(22)13-15-9-11-21(4,25-20(15)19)12-10-18(23)24-5/h13-14,22H,6-12H2,1-5H3. The molecule has 4 nitrogen and oxygen atoms in total. The third kappa shape index (κ3) is 4.10. The van der Waals surface area contributed by atoms with Crippen LogP contribution in [-0.2, 0) is 22.4 Å². The molecule has 1 aromatic rings. The van der Waals surface area contributed by atoms with Crippen molar-refractivity contribution >= 4 is 5.97 Å². The van der Waals surface area contributed by atoms with Crippen molar-refractivity contribution < 1.29 is 19.4 Å². The molecule has 0 aliphatic carbocycles. The van der Waals surface area contributed by atoms with E-state index in [1.807, 2.05) is 6.07 Å². The molecule has 1 N–H and O–H groups in total. The first-order chi connectivity index (χ1) is 11.9. The normalized spacial score (nSPS) is 19.4. The number of benzene rings is 1. The van der Waals surface area contributed by atoms with Gasteiger partial charge in [-0.1, -0.05) is 20.8 Å². The van der Waals surface area contributed by atoms with Crippen LogP contribution in [0.3, 0.4) is 0 Å².